The fourth-order valence-electron chi connectivity index (χ4n) is 1.66. The van der Waals surface area contributed by atoms with Crippen molar-refractivity contribution in [2.45, 2.75) is 24.6 Å². The van der Waals surface area contributed by atoms with Gasteiger partial charge in [-0.05, 0) is 6.42 Å². The van der Waals surface area contributed by atoms with Gasteiger partial charge in [-0.1, -0.05) is 0 Å². The van der Waals surface area contributed by atoms with Crippen LogP contribution in [0.3, 0.4) is 0 Å². The summed E-state index contributed by atoms with van der Waals surface area (Å²) in [5, 5.41) is 3.62. The molecule has 0 fully saturated rings. The zero-order valence-electron chi connectivity index (χ0n) is 7.84. The van der Waals surface area contributed by atoms with Gasteiger partial charge < -0.3 is 5.73 Å². The van der Waals surface area contributed by atoms with Crippen LogP contribution in [0.4, 0.5) is 5.95 Å². The van der Waals surface area contributed by atoms with Gasteiger partial charge in [-0.2, -0.15) is 4.98 Å². The molecular weight excluding hydrogens is 204 g/mol. The molecule has 2 N–H and O–H groups in total. The Morgan fingerprint density at radius 3 is 2.93 bits per heavy atom. The predicted octanol–water partition coefficient (Wildman–Crippen LogP) is -0.780. The third-order valence-electron chi connectivity index (χ3n) is 2.44. The lowest BCUT2D eigenvalue weighted by molar-refractivity contribution is 0.470. The second-order valence-corrected chi connectivity index (χ2v) is 5.88. The van der Waals surface area contributed by atoms with E-state index in [9.17, 15) is 8.42 Å². The molecule has 2 rings (SSSR count). The van der Waals surface area contributed by atoms with E-state index in [-0.39, 0.29) is 11.2 Å². The predicted molar refractivity (Wildman–Crippen MR) is 51.4 cm³/mol. The number of nitrogen functional groups attached to an aromatic ring is 1. The maximum Gasteiger partial charge on any atom is 0.239 e. The van der Waals surface area contributed by atoms with Crippen LogP contribution in [0.25, 0.3) is 0 Å². The van der Waals surface area contributed by atoms with E-state index in [1.165, 1.54) is 6.26 Å². The van der Waals surface area contributed by atoms with Crippen LogP contribution >= 0.6 is 0 Å². The fourth-order valence-corrected chi connectivity index (χ4v) is 2.65. The lowest BCUT2D eigenvalue weighted by Crippen LogP contribution is -2.30. The average molecular weight is 216 g/mol. The lowest BCUT2D eigenvalue weighted by atomic mass is 10.2. The SMILES string of the molecule is CS(=O)(=O)C1CCn2nc(N)nc2C1. The van der Waals surface area contributed by atoms with Crippen molar-refractivity contribution in [1.82, 2.24) is 14.8 Å². The van der Waals surface area contributed by atoms with Gasteiger partial charge in [0.15, 0.2) is 9.84 Å². The number of nitrogens with zero attached hydrogens (tertiary/aromatic N) is 3. The lowest BCUT2D eigenvalue weighted by Gasteiger charge is -2.20. The molecule has 1 unspecified atom stereocenters. The Balaban J connectivity index is 2.30. The van der Waals surface area contributed by atoms with Crippen LogP contribution in [-0.2, 0) is 22.8 Å². The van der Waals surface area contributed by atoms with Gasteiger partial charge in [-0.3, -0.25) is 0 Å². The first-order valence-electron chi connectivity index (χ1n) is 4.35. The van der Waals surface area contributed by atoms with Crippen LogP contribution in [0.2, 0.25) is 0 Å². The van der Waals surface area contributed by atoms with E-state index in [1.54, 1.807) is 4.68 Å². The minimum atomic E-state index is -2.98. The minimum absolute atomic E-state index is 0.217. The molecule has 0 bridgehead atoms. The summed E-state index contributed by atoms with van der Waals surface area (Å²) in [7, 11) is -2.98. The van der Waals surface area contributed by atoms with Crippen molar-refractivity contribution in [3.05, 3.63) is 5.82 Å². The number of hydrogen-bond donors (Lipinski definition) is 1. The van der Waals surface area contributed by atoms with Crippen molar-refractivity contribution in [3.8, 4) is 0 Å². The second-order valence-electron chi connectivity index (χ2n) is 3.55. The van der Waals surface area contributed by atoms with Crippen molar-refractivity contribution >= 4 is 15.8 Å². The molecule has 2 heterocycles. The summed E-state index contributed by atoms with van der Waals surface area (Å²) in [5.74, 6) is 0.887. The molecule has 1 aliphatic rings. The first-order valence-corrected chi connectivity index (χ1v) is 6.30. The zero-order chi connectivity index (χ0) is 10.3. The standard InChI is InChI=1S/C7H12N4O2S/c1-14(12,13)5-2-3-11-6(4-5)9-7(8)10-11/h5H,2-4H2,1H3,(H2,8,10). The van der Waals surface area contributed by atoms with Gasteiger partial charge in [0.2, 0.25) is 5.95 Å². The number of aromatic nitrogens is 3. The molecule has 1 atom stereocenters. The van der Waals surface area contributed by atoms with Crippen LogP contribution in [0.15, 0.2) is 0 Å². The molecule has 6 nitrogen and oxygen atoms in total. The smallest absolute Gasteiger partial charge is 0.239 e. The molecule has 0 amide bonds. The highest BCUT2D eigenvalue weighted by atomic mass is 32.2. The number of rotatable bonds is 1. The highest BCUT2D eigenvalue weighted by Gasteiger charge is 2.28. The molecule has 78 valence electrons. The largest absolute Gasteiger partial charge is 0.366 e. The van der Waals surface area contributed by atoms with E-state index < -0.39 is 9.84 Å². The highest BCUT2D eigenvalue weighted by Crippen LogP contribution is 2.18. The van der Waals surface area contributed by atoms with Gasteiger partial charge in [-0.25, -0.2) is 13.1 Å². The Morgan fingerprint density at radius 1 is 1.57 bits per heavy atom. The summed E-state index contributed by atoms with van der Waals surface area (Å²) in [6.45, 7) is 0.581. The summed E-state index contributed by atoms with van der Waals surface area (Å²) in [5.41, 5.74) is 5.42. The quantitative estimate of drug-likeness (QED) is 0.665. The molecule has 14 heavy (non-hydrogen) atoms. The zero-order valence-corrected chi connectivity index (χ0v) is 8.66. The maximum atomic E-state index is 11.3. The summed E-state index contributed by atoms with van der Waals surface area (Å²) < 4.78 is 24.3. The van der Waals surface area contributed by atoms with E-state index in [0.717, 1.165) is 0 Å². The Hall–Kier alpha value is -1.11. The average Bonchev–Trinajstić information content (AvgIpc) is 2.41. The number of aryl methyl sites for hydroxylation is 1. The van der Waals surface area contributed by atoms with Crippen molar-refractivity contribution in [3.63, 3.8) is 0 Å². The number of fused-ring (bicyclic) bond motifs is 1. The molecule has 0 spiro atoms. The normalized spacial score (nSPS) is 21.9. The van der Waals surface area contributed by atoms with Crippen molar-refractivity contribution in [2.24, 2.45) is 0 Å². The van der Waals surface area contributed by atoms with Crippen LogP contribution in [0.5, 0.6) is 0 Å². The molecular formula is C7H12N4O2S. The Kier molecular flexibility index (Phi) is 1.99. The molecule has 0 aliphatic carbocycles. The topological polar surface area (TPSA) is 90.9 Å². The van der Waals surface area contributed by atoms with Crippen molar-refractivity contribution < 1.29 is 8.42 Å². The fraction of sp³-hybridized carbons (Fsp3) is 0.714. The molecule has 0 aromatic carbocycles. The minimum Gasteiger partial charge on any atom is -0.366 e. The second kappa shape index (κ2) is 2.94. The summed E-state index contributed by atoms with van der Waals surface area (Å²) >= 11 is 0. The van der Waals surface area contributed by atoms with E-state index in [4.69, 9.17) is 5.73 Å². The van der Waals surface area contributed by atoms with Crippen LogP contribution in [0, 0.1) is 0 Å². The van der Waals surface area contributed by atoms with Gasteiger partial charge in [0.05, 0.1) is 5.25 Å². The molecule has 0 radical (unpaired) electrons. The summed E-state index contributed by atoms with van der Waals surface area (Å²) in [6, 6.07) is 0. The van der Waals surface area contributed by atoms with Gasteiger partial charge in [0.1, 0.15) is 5.82 Å². The van der Waals surface area contributed by atoms with Crippen molar-refractivity contribution in [2.75, 3.05) is 12.0 Å². The van der Waals surface area contributed by atoms with E-state index in [2.05, 4.69) is 10.1 Å². The van der Waals surface area contributed by atoms with Gasteiger partial charge >= 0.3 is 0 Å². The number of nitrogens with two attached hydrogens (primary N) is 1. The van der Waals surface area contributed by atoms with Gasteiger partial charge in [0, 0.05) is 19.2 Å². The first kappa shape index (κ1) is 9.45. The Morgan fingerprint density at radius 2 is 2.29 bits per heavy atom. The molecule has 0 saturated carbocycles. The Labute approximate surface area is 82.0 Å². The van der Waals surface area contributed by atoms with Gasteiger partial charge in [0.25, 0.3) is 0 Å². The summed E-state index contributed by atoms with van der Waals surface area (Å²) in [6.07, 6.45) is 2.27. The maximum absolute atomic E-state index is 11.3. The third-order valence-corrected chi connectivity index (χ3v) is 4.06. The van der Waals surface area contributed by atoms with Crippen LogP contribution in [0.1, 0.15) is 12.2 Å². The van der Waals surface area contributed by atoms with Crippen LogP contribution < -0.4 is 5.73 Å². The Bertz CT molecular complexity index is 450. The van der Waals surface area contributed by atoms with E-state index in [1.807, 2.05) is 0 Å². The first-order chi connectivity index (χ1) is 6.47. The highest BCUT2D eigenvalue weighted by molar-refractivity contribution is 7.91. The molecule has 1 aromatic heterocycles. The van der Waals surface area contributed by atoms with Gasteiger partial charge in [-0.15, -0.1) is 5.10 Å². The van der Waals surface area contributed by atoms with E-state index in [0.29, 0.717) is 25.2 Å². The molecule has 1 aromatic rings. The number of sulfone groups is 1. The van der Waals surface area contributed by atoms with Crippen LogP contribution in [-0.4, -0.2) is 34.7 Å². The molecule has 7 heteroatoms. The summed E-state index contributed by atoms with van der Waals surface area (Å²) in [4.78, 5) is 3.98. The third kappa shape index (κ3) is 1.59. The molecule has 1 aliphatic heterocycles. The monoisotopic (exact) mass is 216 g/mol. The van der Waals surface area contributed by atoms with Crippen molar-refractivity contribution in [1.29, 1.82) is 0 Å². The van der Waals surface area contributed by atoms with E-state index >= 15 is 0 Å². The number of anilines is 1. The number of hydrogen-bond acceptors (Lipinski definition) is 5. The molecule has 0 saturated heterocycles.